The second-order valence-electron chi connectivity index (χ2n) is 6.15. The molecule has 2 aliphatic rings. The van der Waals surface area contributed by atoms with Crippen LogP contribution in [0.5, 0.6) is 0 Å². The molecule has 0 aromatic carbocycles. The third-order valence-electron chi connectivity index (χ3n) is 5.05. The van der Waals surface area contributed by atoms with E-state index in [1.165, 1.54) is 25.7 Å². The van der Waals surface area contributed by atoms with Crippen molar-refractivity contribution in [2.75, 3.05) is 6.61 Å². The standard InChI is InChI=1S/C16H25N3O/c1-3-20-15-10-14(16(15)7-4-5-8-16)18-11-13-6-9-17-12(2)19-13/h6,9,14-15,18H,3-5,7-8,10-11H2,1-2H3. The van der Waals surface area contributed by atoms with Crippen molar-refractivity contribution >= 4 is 0 Å². The molecule has 1 N–H and O–H groups in total. The van der Waals surface area contributed by atoms with Crippen LogP contribution < -0.4 is 5.32 Å². The zero-order valence-electron chi connectivity index (χ0n) is 12.6. The van der Waals surface area contributed by atoms with Crippen LogP contribution in [0.3, 0.4) is 0 Å². The molecule has 4 heteroatoms. The maximum absolute atomic E-state index is 5.95. The molecule has 0 amide bonds. The number of nitrogens with zero attached hydrogens (tertiary/aromatic N) is 2. The summed E-state index contributed by atoms with van der Waals surface area (Å²) in [6, 6.07) is 2.59. The second-order valence-corrected chi connectivity index (χ2v) is 6.15. The first-order valence-electron chi connectivity index (χ1n) is 7.88. The second kappa shape index (κ2) is 5.78. The number of aryl methyl sites for hydroxylation is 1. The van der Waals surface area contributed by atoms with Crippen LogP contribution >= 0.6 is 0 Å². The van der Waals surface area contributed by atoms with E-state index >= 15 is 0 Å². The molecule has 2 atom stereocenters. The highest BCUT2D eigenvalue weighted by molar-refractivity contribution is 5.11. The molecule has 20 heavy (non-hydrogen) atoms. The van der Waals surface area contributed by atoms with Gasteiger partial charge in [0.25, 0.3) is 0 Å². The highest BCUT2D eigenvalue weighted by Gasteiger charge is 2.56. The monoisotopic (exact) mass is 275 g/mol. The molecule has 110 valence electrons. The van der Waals surface area contributed by atoms with E-state index in [1.807, 2.05) is 19.2 Å². The molecule has 1 aromatic heterocycles. The minimum Gasteiger partial charge on any atom is -0.378 e. The number of aromatic nitrogens is 2. The Morgan fingerprint density at radius 3 is 2.90 bits per heavy atom. The highest BCUT2D eigenvalue weighted by Crippen LogP contribution is 2.54. The zero-order valence-corrected chi connectivity index (χ0v) is 12.6. The average Bonchev–Trinajstić information content (AvgIpc) is 2.94. The first-order chi connectivity index (χ1) is 9.74. The average molecular weight is 275 g/mol. The molecular weight excluding hydrogens is 250 g/mol. The van der Waals surface area contributed by atoms with E-state index in [4.69, 9.17) is 4.74 Å². The van der Waals surface area contributed by atoms with E-state index in [1.54, 1.807) is 0 Å². The fourth-order valence-corrected chi connectivity index (χ4v) is 4.00. The van der Waals surface area contributed by atoms with Crippen molar-refractivity contribution in [1.29, 1.82) is 0 Å². The Morgan fingerprint density at radius 2 is 2.20 bits per heavy atom. The van der Waals surface area contributed by atoms with Crippen LogP contribution in [0.4, 0.5) is 0 Å². The molecule has 2 unspecified atom stereocenters. The predicted molar refractivity (Wildman–Crippen MR) is 78.3 cm³/mol. The van der Waals surface area contributed by atoms with Gasteiger partial charge in [-0.2, -0.15) is 0 Å². The third-order valence-corrected chi connectivity index (χ3v) is 5.05. The molecule has 0 radical (unpaired) electrons. The summed E-state index contributed by atoms with van der Waals surface area (Å²) in [6.45, 7) is 5.72. The van der Waals surface area contributed by atoms with Crippen molar-refractivity contribution in [1.82, 2.24) is 15.3 Å². The van der Waals surface area contributed by atoms with Crippen molar-refractivity contribution < 1.29 is 4.74 Å². The van der Waals surface area contributed by atoms with Crippen LogP contribution in [-0.2, 0) is 11.3 Å². The van der Waals surface area contributed by atoms with Crippen molar-refractivity contribution in [3.05, 3.63) is 23.8 Å². The van der Waals surface area contributed by atoms with E-state index in [9.17, 15) is 0 Å². The lowest BCUT2D eigenvalue weighted by Gasteiger charge is -2.54. The number of hydrogen-bond donors (Lipinski definition) is 1. The number of ether oxygens (including phenoxy) is 1. The van der Waals surface area contributed by atoms with Gasteiger partial charge < -0.3 is 10.1 Å². The van der Waals surface area contributed by atoms with Gasteiger partial charge in [-0.05, 0) is 39.2 Å². The quantitative estimate of drug-likeness (QED) is 0.897. The van der Waals surface area contributed by atoms with Crippen LogP contribution in [-0.4, -0.2) is 28.7 Å². The molecule has 0 saturated heterocycles. The largest absolute Gasteiger partial charge is 0.378 e. The van der Waals surface area contributed by atoms with Crippen LogP contribution in [0.2, 0.25) is 0 Å². The summed E-state index contributed by atoms with van der Waals surface area (Å²) >= 11 is 0. The van der Waals surface area contributed by atoms with Crippen molar-refractivity contribution in [3.63, 3.8) is 0 Å². The lowest BCUT2D eigenvalue weighted by molar-refractivity contribution is -0.130. The van der Waals surface area contributed by atoms with Gasteiger partial charge in [0.2, 0.25) is 0 Å². The smallest absolute Gasteiger partial charge is 0.125 e. The third kappa shape index (κ3) is 2.47. The summed E-state index contributed by atoms with van der Waals surface area (Å²) in [5.41, 5.74) is 1.49. The summed E-state index contributed by atoms with van der Waals surface area (Å²) < 4.78 is 5.95. The van der Waals surface area contributed by atoms with Gasteiger partial charge in [0.1, 0.15) is 5.82 Å². The molecule has 2 saturated carbocycles. The molecule has 2 aliphatic carbocycles. The molecule has 4 nitrogen and oxygen atoms in total. The molecule has 1 aromatic rings. The van der Waals surface area contributed by atoms with Crippen LogP contribution in [0.1, 0.15) is 50.5 Å². The molecule has 2 fully saturated rings. The van der Waals surface area contributed by atoms with Gasteiger partial charge in [-0.15, -0.1) is 0 Å². The SMILES string of the molecule is CCOC1CC(NCc2ccnc(C)n2)C12CCCC2. The maximum atomic E-state index is 5.95. The van der Waals surface area contributed by atoms with Gasteiger partial charge in [0, 0.05) is 30.8 Å². The molecular formula is C16H25N3O. The summed E-state index contributed by atoms with van der Waals surface area (Å²) in [6.07, 6.45) is 8.81. The van der Waals surface area contributed by atoms with Crippen LogP contribution in [0, 0.1) is 12.3 Å². The molecule has 1 heterocycles. The van der Waals surface area contributed by atoms with Crippen molar-refractivity contribution in [2.45, 2.75) is 64.6 Å². The molecule has 1 spiro atoms. The Morgan fingerprint density at radius 1 is 1.40 bits per heavy atom. The highest BCUT2D eigenvalue weighted by atomic mass is 16.5. The van der Waals surface area contributed by atoms with Gasteiger partial charge in [0.15, 0.2) is 0 Å². The zero-order chi connectivity index (χ0) is 14.0. The van der Waals surface area contributed by atoms with E-state index in [2.05, 4.69) is 22.2 Å². The Bertz CT molecular complexity index is 457. The Balaban J connectivity index is 1.60. The predicted octanol–water partition coefficient (Wildman–Crippen LogP) is 2.61. The summed E-state index contributed by atoms with van der Waals surface area (Å²) in [7, 11) is 0. The minimum absolute atomic E-state index is 0.401. The van der Waals surface area contributed by atoms with Crippen LogP contribution in [0.25, 0.3) is 0 Å². The topological polar surface area (TPSA) is 47.0 Å². The molecule has 0 bridgehead atoms. The summed E-state index contributed by atoms with van der Waals surface area (Å²) in [5, 5.41) is 3.71. The fraction of sp³-hybridized carbons (Fsp3) is 0.750. The summed E-state index contributed by atoms with van der Waals surface area (Å²) in [4.78, 5) is 8.62. The van der Waals surface area contributed by atoms with Crippen molar-refractivity contribution in [2.24, 2.45) is 5.41 Å². The number of nitrogens with one attached hydrogen (secondary N) is 1. The van der Waals surface area contributed by atoms with Gasteiger partial charge in [-0.3, -0.25) is 0 Å². The van der Waals surface area contributed by atoms with Gasteiger partial charge in [-0.25, -0.2) is 9.97 Å². The van der Waals surface area contributed by atoms with E-state index in [-0.39, 0.29) is 0 Å². The molecule has 3 rings (SSSR count). The lowest BCUT2D eigenvalue weighted by Crippen LogP contribution is -2.62. The lowest BCUT2D eigenvalue weighted by atomic mass is 9.60. The first kappa shape index (κ1) is 14.0. The minimum atomic E-state index is 0.401. The maximum Gasteiger partial charge on any atom is 0.125 e. The number of rotatable bonds is 5. The van der Waals surface area contributed by atoms with Gasteiger partial charge in [0.05, 0.1) is 11.8 Å². The number of hydrogen-bond acceptors (Lipinski definition) is 4. The Labute approximate surface area is 121 Å². The van der Waals surface area contributed by atoms with E-state index in [0.717, 1.165) is 31.1 Å². The summed E-state index contributed by atoms with van der Waals surface area (Å²) in [5.74, 6) is 0.848. The fourth-order valence-electron chi connectivity index (χ4n) is 4.00. The first-order valence-corrected chi connectivity index (χ1v) is 7.88. The van der Waals surface area contributed by atoms with E-state index < -0.39 is 0 Å². The van der Waals surface area contributed by atoms with Crippen LogP contribution in [0.15, 0.2) is 12.3 Å². The van der Waals surface area contributed by atoms with Gasteiger partial charge >= 0.3 is 0 Å². The van der Waals surface area contributed by atoms with E-state index in [0.29, 0.717) is 17.6 Å². The normalized spacial score (nSPS) is 27.7. The Kier molecular flexibility index (Phi) is 4.03. The molecule has 0 aliphatic heterocycles. The van der Waals surface area contributed by atoms with Crippen molar-refractivity contribution in [3.8, 4) is 0 Å². The Hall–Kier alpha value is -1.00. The van der Waals surface area contributed by atoms with Gasteiger partial charge in [-0.1, -0.05) is 12.8 Å².